The molecule has 5 nitrogen and oxygen atoms in total. The Morgan fingerprint density at radius 1 is 1.21 bits per heavy atom. The van der Waals surface area contributed by atoms with Crippen LogP contribution in [0.1, 0.15) is 53.6 Å². The lowest BCUT2D eigenvalue weighted by Gasteiger charge is -2.18. The summed E-state index contributed by atoms with van der Waals surface area (Å²) in [6, 6.07) is 6.93. The Balaban J connectivity index is 1.49. The first kappa shape index (κ1) is 15.6. The van der Waals surface area contributed by atoms with Crippen LogP contribution in [0.25, 0.3) is 11.0 Å². The first-order chi connectivity index (χ1) is 11.7. The highest BCUT2D eigenvalue weighted by Gasteiger charge is 2.21. The molecular formula is C17H16ClN3O2S. The minimum Gasteiger partial charge on any atom is -0.451 e. The summed E-state index contributed by atoms with van der Waals surface area (Å²) in [5, 5.41) is 14.1. The number of rotatable bonds is 3. The van der Waals surface area contributed by atoms with Gasteiger partial charge in [0.1, 0.15) is 10.6 Å². The minimum absolute atomic E-state index is 0.238. The fraction of sp³-hybridized carbons (Fsp3) is 0.353. The second kappa shape index (κ2) is 6.53. The molecule has 0 atom stereocenters. The maximum absolute atomic E-state index is 12.4. The van der Waals surface area contributed by atoms with Crippen LogP contribution in [-0.4, -0.2) is 16.1 Å². The number of nitrogens with one attached hydrogen (secondary N) is 1. The van der Waals surface area contributed by atoms with Crippen molar-refractivity contribution < 1.29 is 9.21 Å². The molecule has 1 saturated carbocycles. The maximum Gasteiger partial charge on any atom is 0.293 e. The van der Waals surface area contributed by atoms with Gasteiger partial charge in [0.25, 0.3) is 5.91 Å². The number of nitrogens with zero attached hydrogens (tertiary/aromatic N) is 2. The number of amides is 1. The molecule has 1 amide bonds. The second-order valence-electron chi connectivity index (χ2n) is 6.03. The Morgan fingerprint density at radius 3 is 2.88 bits per heavy atom. The smallest absolute Gasteiger partial charge is 0.293 e. The molecular weight excluding hydrogens is 346 g/mol. The van der Waals surface area contributed by atoms with Crippen LogP contribution in [0.4, 0.5) is 5.13 Å². The summed E-state index contributed by atoms with van der Waals surface area (Å²) < 4.78 is 5.57. The molecule has 1 aromatic carbocycles. The van der Waals surface area contributed by atoms with Gasteiger partial charge in [-0.1, -0.05) is 42.2 Å². The van der Waals surface area contributed by atoms with Crippen LogP contribution < -0.4 is 5.32 Å². The lowest BCUT2D eigenvalue weighted by atomic mass is 9.90. The molecule has 4 rings (SSSR count). The van der Waals surface area contributed by atoms with E-state index in [4.69, 9.17) is 16.0 Å². The van der Waals surface area contributed by atoms with Crippen molar-refractivity contribution in [2.75, 3.05) is 5.32 Å². The molecule has 1 aliphatic rings. The van der Waals surface area contributed by atoms with Crippen LogP contribution in [-0.2, 0) is 0 Å². The van der Waals surface area contributed by atoms with Crippen molar-refractivity contribution in [1.29, 1.82) is 0 Å². The number of anilines is 1. The molecule has 0 unspecified atom stereocenters. The fourth-order valence-electron chi connectivity index (χ4n) is 3.08. The minimum atomic E-state index is -0.325. The zero-order valence-corrected chi connectivity index (χ0v) is 14.5. The summed E-state index contributed by atoms with van der Waals surface area (Å²) in [6.45, 7) is 0. The van der Waals surface area contributed by atoms with Crippen molar-refractivity contribution in [3.05, 3.63) is 40.1 Å². The quantitative estimate of drug-likeness (QED) is 0.692. The predicted molar refractivity (Wildman–Crippen MR) is 94.9 cm³/mol. The molecule has 0 bridgehead atoms. The molecule has 3 aromatic rings. The van der Waals surface area contributed by atoms with Crippen molar-refractivity contribution >= 4 is 44.9 Å². The normalized spacial score (nSPS) is 15.7. The Hall–Kier alpha value is -1.92. The van der Waals surface area contributed by atoms with Crippen molar-refractivity contribution in [1.82, 2.24) is 10.2 Å². The molecule has 1 aliphatic carbocycles. The van der Waals surface area contributed by atoms with E-state index in [1.807, 2.05) is 0 Å². The van der Waals surface area contributed by atoms with Crippen molar-refractivity contribution in [2.24, 2.45) is 0 Å². The zero-order chi connectivity index (χ0) is 16.5. The molecule has 2 heterocycles. The Morgan fingerprint density at radius 2 is 2.04 bits per heavy atom. The van der Waals surface area contributed by atoms with E-state index in [1.54, 1.807) is 24.3 Å². The van der Waals surface area contributed by atoms with Crippen molar-refractivity contribution in [3.63, 3.8) is 0 Å². The molecule has 24 heavy (non-hydrogen) atoms. The van der Waals surface area contributed by atoms with Crippen LogP contribution in [0.15, 0.2) is 28.7 Å². The van der Waals surface area contributed by atoms with Crippen molar-refractivity contribution in [3.8, 4) is 0 Å². The van der Waals surface area contributed by atoms with Gasteiger partial charge in [0.15, 0.2) is 5.76 Å². The summed E-state index contributed by atoms with van der Waals surface area (Å²) in [7, 11) is 0. The first-order valence-corrected chi connectivity index (χ1v) is 9.22. The molecule has 124 valence electrons. The molecule has 0 radical (unpaired) electrons. The summed E-state index contributed by atoms with van der Waals surface area (Å²) in [6.07, 6.45) is 6.11. The van der Waals surface area contributed by atoms with Gasteiger partial charge in [0, 0.05) is 16.3 Å². The molecule has 0 saturated heterocycles. The third kappa shape index (κ3) is 3.16. The average Bonchev–Trinajstić information content (AvgIpc) is 3.22. The van der Waals surface area contributed by atoms with E-state index in [-0.39, 0.29) is 11.7 Å². The van der Waals surface area contributed by atoms with E-state index in [0.29, 0.717) is 21.7 Å². The average molecular weight is 362 g/mol. The number of fused-ring (bicyclic) bond motifs is 1. The number of hydrogen-bond donors (Lipinski definition) is 1. The SMILES string of the molecule is O=C(Nc1nnc(C2CCCCC2)s1)c1cc2cc(Cl)ccc2o1. The van der Waals surface area contributed by atoms with E-state index in [9.17, 15) is 4.79 Å². The third-order valence-corrected chi connectivity index (χ3v) is 5.55. The summed E-state index contributed by atoms with van der Waals surface area (Å²) in [5.74, 6) is 0.394. The van der Waals surface area contributed by atoms with E-state index in [2.05, 4.69) is 15.5 Å². The number of halogens is 1. The molecule has 1 N–H and O–H groups in total. The van der Waals surface area contributed by atoms with Crippen LogP contribution in [0.2, 0.25) is 5.02 Å². The predicted octanol–water partition coefficient (Wildman–Crippen LogP) is 5.24. The number of furan rings is 1. The van der Waals surface area contributed by atoms with E-state index in [1.165, 1.54) is 30.6 Å². The number of carbonyl (C=O) groups is 1. The summed E-state index contributed by atoms with van der Waals surface area (Å²) in [4.78, 5) is 12.4. The molecule has 1 fully saturated rings. The van der Waals surface area contributed by atoms with Gasteiger partial charge in [-0.15, -0.1) is 10.2 Å². The highest BCUT2D eigenvalue weighted by atomic mass is 35.5. The zero-order valence-electron chi connectivity index (χ0n) is 12.9. The highest BCUT2D eigenvalue weighted by molar-refractivity contribution is 7.15. The van der Waals surface area contributed by atoms with Gasteiger partial charge in [-0.3, -0.25) is 10.1 Å². The van der Waals surface area contributed by atoms with Crippen molar-refractivity contribution in [2.45, 2.75) is 38.0 Å². The van der Waals surface area contributed by atoms with Gasteiger partial charge < -0.3 is 4.42 Å². The third-order valence-electron chi connectivity index (χ3n) is 4.32. The van der Waals surface area contributed by atoms with Gasteiger partial charge in [-0.2, -0.15) is 0 Å². The van der Waals surface area contributed by atoms with Crippen LogP contribution >= 0.6 is 22.9 Å². The number of aromatic nitrogens is 2. The van der Waals surface area contributed by atoms with E-state index < -0.39 is 0 Å². The maximum atomic E-state index is 12.4. The summed E-state index contributed by atoms with van der Waals surface area (Å²) >= 11 is 7.41. The van der Waals surface area contributed by atoms with E-state index >= 15 is 0 Å². The molecule has 0 aliphatic heterocycles. The number of benzene rings is 1. The Bertz CT molecular complexity index is 883. The summed E-state index contributed by atoms with van der Waals surface area (Å²) in [5.41, 5.74) is 0.629. The van der Waals surface area contributed by atoms with E-state index in [0.717, 1.165) is 23.2 Å². The van der Waals surface area contributed by atoms with Gasteiger partial charge in [-0.25, -0.2) is 0 Å². The number of hydrogen-bond acceptors (Lipinski definition) is 5. The van der Waals surface area contributed by atoms with Gasteiger partial charge in [-0.05, 0) is 37.1 Å². The molecule has 2 aromatic heterocycles. The molecule has 7 heteroatoms. The fourth-order valence-corrected chi connectivity index (χ4v) is 4.17. The topological polar surface area (TPSA) is 68.0 Å². The Labute approximate surface area is 148 Å². The van der Waals surface area contributed by atoms with Crippen LogP contribution in [0.5, 0.6) is 0 Å². The van der Waals surface area contributed by atoms with Gasteiger partial charge in [0.2, 0.25) is 5.13 Å². The highest BCUT2D eigenvalue weighted by Crippen LogP contribution is 2.35. The van der Waals surface area contributed by atoms with Gasteiger partial charge >= 0.3 is 0 Å². The number of carbonyl (C=O) groups excluding carboxylic acids is 1. The van der Waals surface area contributed by atoms with Crippen LogP contribution in [0, 0.1) is 0 Å². The lowest BCUT2D eigenvalue weighted by Crippen LogP contribution is -2.10. The largest absolute Gasteiger partial charge is 0.451 e. The Kier molecular flexibility index (Phi) is 4.24. The standard InChI is InChI=1S/C17H16ClN3O2S/c18-12-6-7-13-11(8-12)9-14(23-13)15(22)19-17-21-20-16(24-17)10-4-2-1-3-5-10/h6-10H,1-5H2,(H,19,21,22). The van der Waals surface area contributed by atoms with Gasteiger partial charge in [0.05, 0.1) is 0 Å². The first-order valence-electron chi connectivity index (χ1n) is 8.03. The monoisotopic (exact) mass is 361 g/mol. The molecule has 0 spiro atoms. The lowest BCUT2D eigenvalue weighted by molar-refractivity contribution is 0.0998. The second-order valence-corrected chi connectivity index (χ2v) is 7.47. The van der Waals surface area contributed by atoms with Crippen LogP contribution in [0.3, 0.4) is 0 Å².